The predicted octanol–water partition coefficient (Wildman–Crippen LogP) is 0.836. The van der Waals surface area contributed by atoms with Gasteiger partial charge in [-0.1, -0.05) is 0 Å². The van der Waals surface area contributed by atoms with Gasteiger partial charge in [0.25, 0.3) is 11.1 Å². The van der Waals surface area contributed by atoms with E-state index in [4.69, 9.17) is 0 Å². The Morgan fingerprint density at radius 3 is 2.59 bits per heavy atom. The summed E-state index contributed by atoms with van der Waals surface area (Å²) in [5.74, 6) is 0.576. The van der Waals surface area contributed by atoms with Crippen molar-refractivity contribution >= 4 is 5.82 Å². The minimum Gasteiger partial charge on any atom is -0.349 e. The number of anilines is 1. The summed E-state index contributed by atoms with van der Waals surface area (Å²) < 4.78 is 3.46. The zero-order chi connectivity index (χ0) is 19.8. The van der Waals surface area contributed by atoms with Crippen molar-refractivity contribution in [2.45, 2.75) is 51.1 Å². The van der Waals surface area contributed by atoms with E-state index >= 15 is 0 Å². The normalized spacial score (nSPS) is 19.9. The maximum atomic E-state index is 12.7. The van der Waals surface area contributed by atoms with E-state index in [0.717, 1.165) is 82.5 Å². The summed E-state index contributed by atoms with van der Waals surface area (Å²) in [6.07, 6.45) is 10.0. The standard InChI is InChI=1S/C21H28N6O2/c28-19-15-16-3-1-2-4-18(16)23-27(19)14-11-24-9-12-25(13-10-24)20-21(29)26(8-7-22-20)17-5-6-17/h7-8,15,17H,1-6,9-14H2. The van der Waals surface area contributed by atoms with Crippen molar-refractivity contribution in [3.05, 3.63) is 50.4 Å². The van der Waals surface area contributed by atoms with Crippen LogP contribution in [0.25, 0.3) is 0 Å². The average Bonchev–Trinajstić information content (AvgIpc) is 3.58. The number of fused-ring (bicyclic) bond motifs is 1. The van der Waals surface area contributed by atoms with Gasteiger partial charge in [0.15, 0.2) is 5.82 Å². The van der Waals surface area contributed by atoms with Crippen LogP contribution in [-0.4, -0.2) is 57.0 Å². The minimum absolute atomic E-state index is 0.0124. The number of aromatic nitrogens is 4. The van der Waals surface area contributed by atoms with Crippen molar-refractivity contribution in [3.8, 4) is 0 Å². The van der Waals surface area contributed by atoms with Crippen molar-refractivity contribution < 1.29 is 0 Å². The van der Waals surface area contributed by atoms with Crippen molar-refractivity contribution in [2.75, 3.05) is 37.6 Å². The maximum absolute atomic E-state index is 12.7. The molecule has 0 atom stereocenters. The molecule has 154 valence electrons. The molecule has 0 bridgehead atoms. The molecule has 1 aliphatic heterocycles. The highest BCUT2D eigenvalue weighted by molar-refractivity contribution is 5.36. The SMILES string of the molecule is O=c1c(N2CCN(CCn3nc4c(cc3=O)CCCC4)CC2)nccn1C1CC1. The highest BCUT2D eigenvalue weighted by Gasteiger charge is 2.27. The lowest BCUT2D eigenvalue weighted by molar-refractivity contribution is 0.241. The average molecular weight is 396 g/mol. The Balaban J connectivity index is 1.19. The lowest BCUT2D eigenvalue weighted by Crippen LogP contribution is -2.49. The number of aryl methyl sites for hydroxylation is 2. The summed E-state index contributed by atoms with van der Waals surface area (Å²) >= 11 is 0. The zero-order valence-electron chi connectivity index (χ0n) is 16.8. The molecule has 0 spiro atoms. The second-order valence-corrected chi connectivity index (χ2v) is 8.41. The molecule has 3 heterocycles. The third-order valence-corrected chi connectivity index (χ3v) is 6.36. The van der Waals surface area contributed by atoms with Crippen LogP contribution in [0.1, 0.15) is 43.0 Å². The smallest absolute Gasteiger partial charge is 0.293 e. The summed E-state index contributed by atoms with van der Waals surface area (Å²) in [5.41, 5.74) is 2.28. The van der Waals surface area contributed by atoms with Crippen LogP contribution >= 0.6 is 0 Å². The van der Waals surface area contributed by atoms with Gasteiger partial charge in [0, 0.05) is 57.2 Å². The topological polar surface area (TPSA) is 76.3 Å². The van der Waals surface area contributed by atoms with Crippen molar-refractivity contribution in [1.82, 2.24) is 24.2 Å². The molecule has 2 aromatic rings. The molecule has 3 aliphatic rings. The highest BCUT2D eigenvalue weighted by Crippen LogP contribution is 2.33. The van der Waals surface area contributed by atoms with Crippen molar-refractivity contribution in [1.29, 1.82) is 0 Å². The fourth-order valence-corrected chi connectivity index (χ4v) is 4.45. The minimum atomic E-state index is 0.0124. The molecule has 0 radical (unpaired) electrons. The Labute approximate surface area is 169 Å². The molecule has 2 aliphatic carbocycles. The third-order valence-electron chi connectivity index (χ3n) is 6.36. The van der Waals surface area contributed by atoms with Crippen molar-refractivity contribution in [3.63, 3.8) is 0 Å². The molecule has 0 aromatic carbocycles. The molecular weight excluding hydrogens is 368 g/mol. The number of piperazine rings is 1. The van der Waals surface area contributed by atoms with Crippen LogP contribution in [0.3, 0.4) is 0 Å². The van der Waals surface area contributed by atoms with E-state index in [-0.39, 0.29) is 11.1 Å². The van der Waals surface area contributed by atoms with Crippen LogP contribution in [0.5, 0.6) is 0 Å². The van der Waals surface area contributed by atoms with Gasteiger partial charge < -0.3 is 9.47 Å². The number of rotatable bonds is 5. The van der Waals surface area contributed by atoms with E-state index in [0.29, 0.717) is 18.4 Å². The van der Waals surface area contributed by atoms with Crippen LogP contribution in [0.2, 0.25) is 0 Å². The highest BCUT2D eigenvalue weighted by atomic mass is 16.1. The molecule has 0 N–H and O–H groups in total. The van der Waals surface area contributed by atoms with Crippen LogP contribution in [0.15, 0.2) is 28.0 Å². The molecule has 1 saturated carbocycles. The van der Waals surface area contributed by atoms with Gasteiger partial charge >= 0.3 is 0 Å². The van der Waals surface area contributed by atoms with Gasteiger partial charge in [0.2, 0.25) is 0 Å². The molecule has 1 saturated heterocycles. The molecule has 29 heavy (non-hydrogen) atoms. The Bertz CT molecular complexity index is 1000. The lowest BCUT2D eigenvalue weighted by Gasteiger charge is -2.35. The van der Waals surface area contributed by atoms with Crippen molar-refractivity contribution in [2.24, 2.45) is 0 Å². The first kappa shape index (κ1) is 18.5. The van der Waals surface area contributed by atoms with Crippen LogP contribution in [0, 0.1) is 0 Å². The summed E-state index contributed by atoms with van der Waals surface area (Å²) in [6, 6.07) is 2.15. The van der Waals surface area contributed by atoms with E-state index in [2.05, 4.69) is 19.9 Å². The van der Waals surface area contributed by atoms with E-state index in [1.165, 1.54) is 0 Å². The fraction of sp³-hybridized carbons (Fsp3) is 0.619. The van der Waals surface area contributed by atoms with Gasteiger partial charge in [-0.15, -0.1) is 0 Å². The molecule has 8 heteroatoms. The number of hydrogen-bond donors (Lipinski definition) is 0. The van der Waals surface area contributed by atoms with Crippen LogP contribution < -0.4 is 16.0 Å². The van der Waals surface area contributed by atoms with Gasteiger partial charge in [-0.05, 0) is 44.1 Å². The molecule has 5 rings (SSSR count). The van der Waals surface area contributed by atoms with E-state index in [1.54, 1.807) is 16.9 Å². The van der Waals surface area contributed by atoms with E-state index in [1.807, 2.05) is 10.8 Å². The van der Waals surface area contributed by atoms with Gasteiger partial charge in [-0.25, -0.2) is 9.67 Å². The Kier molecular flexibility index (Phi) is 4.95. The van der Waals surface area contributed by atoms with E-state index in [9.17, 15) is 9.59 Å². The summed E-state index contributed by atoms with van der Waals surface area (Å²) in [7, 11) is 0. The van der Waals surface area contributed by atoms with Crippen LogP contribution in [0.4, 0.5) is 5.82 Å². The fourth-order valence-electron chi connectivity index (χ4n) is 4.45. The number of hydrogen-bond acceptors (Lipinski definition) is 6. The second-order valence-electron chi connectivity index (χ2n) is 8.41. The molecule has 0 amide bonds. The summed E-state index contributed by atoms with van der Waals surface area (Å²) in [4.78, 5) is 33.9. The Hall–Kier alpha value is -2.48. The van der Waals surface area contributed by atoms with Gasteiger partial charge in [0.05, 0.1) is 12.2 Å². The molecule has 0 unspecified atom stereocenters. The lowest BCUT2D eigenvalue weighted by atomic mass is 9.97. The number of nitrogens with zero attached hydrogens (tertiary/aromatic N) is 6. The van der Waals surface area contributed by atoms with Gasteiger partial charge in [0.1, 0.15) is 0 Å². The summed E-state index contributed by atoms with van der Waals surface area (Å²) in [6.45, 7) is 4.70. The largest absolute Gasteiger partial charge is 0.349 e. The first-order valence-electron chi connectivity index (χ1n) is 10.8. The quantitative estimate of drug-likeness (QED) is 0.745. The molecule has 8 nitrogen and oxygen atoms in total. The second kappa shape index (κ2) is 7.74. The molecular formula is C21H28N6O2. The predicted molar refractivity (Wildman–Crippen MR) is 111 cm³/mol. The Morgan fingerprint density at radius 2 is 1.79 bits per heavy atom. The molecule has 2 fully saturated rings. The summed E-state index contributed by atoms with van der Waals surface area (Å²) in [5, 5.41) is 4.62. The first-order valence-corrected chi connectivity index (χ1v) is 10.8. The Morgan fingerprint density at radius 1 is 1.00 bits per heavy atom. The zero-order valence-corrected chi connectivity index (χ0v) is 16.8. The maximum Gasteiger partial charge on any atom is 0.293 e. The monoisotopic (exact) mass is 396 g/mol. The van der Waals surface area contributed by atoms with E-state index < -0.39 is 0 Å². The third kappa shape index (κ3) is 3.85. The molecule has 2 aromatic heterocycles. The van der Waals surface area contributed by atoms with Gasteiger partial charge in [-0.2, -0.15) is 5.10 Å². The van der Waals surface area contributed by atoms with Crippen LogP contribution in [-0.2, 0) is 19.4 Å². The first-order chi connectivity index (χ1) is 14.2. The van der Waals surface area contributed by atoms with Gasteiger partial charge in [-0.3, -0.25) is 14.5 Å².